The molecule has 1 N–H and O–H groups in total. The van der Waals surface area contributed by atoms with Crippen LogP contribution in [-0.4, -0.2) is 23.6 Å². The van der Waals surface area contributed by atoms with Gasteiger partial charge in [-0.3, -0.25) is 0 Å². The van der Waals surface area contributed by atoms with Crippen molar-refractivity contribution in [3.05, 3.63) is 23.9 Å². The number of anilines is 1. The number of hydrogen-bond donors (Lipinski definition) is 1. The molecule has 1 heterocycles. The third kappa shape index (κ3) is 3.58. The number of carbonyl (C=O) groups excluding carboxylic acids is 1. The van der Waals surface area contributed by atoms with Gasteiger partial charge in [-0.05, 0) is 38.5 Å². The first kappa shape index (κ1) is 11.5. The lowest BCUT2D eigenvalue weighted by Crippen LogP contribution is -2.28. The highest BCUT2D eigenvalue weighted by molar-refractivity contribution is 5.78. The zero-order chi connectivity index (χ0) is 11.3. The minimum absolute atomic E-state index is 0.263. The Kier molecular flexibility index (Phi) is 4.09. The summed E-state index contributed by atoms with van der Waals surface area (Å²) in [4.78, 5) is 15.4. The van der Waals surface area contributed by atoms with Crippen LogP contribution in [0.1, 0.15) is 19.4 Å². The van der Waals surface area contributed by atoms with Gasteiger partial charge in [0.1, 0.15) is 11.9 Å². The van der Waals surface area contributed by atoms with Crippen molar-refractivity contribution in [1.29, 1.82) is 0 Å². The van der Waals surface area contributed by atoms with E-state index in [0.29, 0.717) is 12.4 Å². The second-order valence-corrected chi connectivity index (χ2v) is 3.34. The van der Waals surface area contributed by atoms with Crippen molar-refractivity contribution in [3.8, 4) is 0 Å². The van der Waals surface area contributed by atoms with Gasteiger partial charge in [-0.2, -0.15) is 0 Å². The number of aromatic nitrogens is 1. The molecule has 0 aliphatic heterocycles. The van der Waals surface area contributed by atoms with Crippen LogP contribution in [0.3, 0.4) is 0 Å². The summed E-state index contributed by atoms with van der Waals surface area (Å²) in [5.74, 6) is 0.427. The number of nitrogens with one attached hydrogen (secondary N) is 1. The summed E-state index contributed by atoms with van der Waals surface area (Å²) in [6.07, 6.45) is 1.70. The minimum Gasteiger partial charge on any atom is -0.464 e. The Bertz CT molecular complexity index is 339. The monoisotopic (exact) mass is 208 g/mol. The van der Waals surface area contributed by atoms with E-state index >= 15 is 0 Å². The summed E-state index contributed by atoms with van der Waals surface area (Å²) >= 11 is 0. The maximum absolute atomic E-state index is 11.3. The number of nitrogens with zero attached hydrogens (tertiary/aromatic N) is 1. The third-order valence-corrected chi connectivity index (χ3v) is 1.92. The number of aryl methyl sites for hydroxylation is 1. The minimum atomic E-state index is -0.376. The van der Waals surface area contributed by atoms with E-state index in [-0.39, 0.29) is 12.0 Å². The van der Waals surface area contributed by atoms with E-state index in [4.69, 9.17) is 4.74 Å². The van der Waals surface area contributed by atoms with E-state index in [1.54, 1.807) is 20.0 Å². The highest BCUT2D eigenvalue weighted by Gasteiger charge is 2.13. The standard InChI is InChI=1S/C11H16N2O2/c1-4-15-11(14)9(3)13-10-7-8(2)5-6-12-10/h5-7,9H,4H2,1-3H3,(H,12,13). The van der Waals surface area contributed by atoms with Gasteiger partial charge in [0.15, 0.2) is 0 Å². The Morgan fingerprint density at radius 2 is 2.40 bits per heavy atom. The zero-order valence-corrected chi connectivity index (χ0v) is 9.28. The molecule has 4 nitrogen and oxygen atoms in total. The molecule has 0 fully saturated rings. The number of ether oxygens (including phenoxy) is 1. The van der Waals surface area contributed by atoms with Crippen LogP contribution in [0.25, 0.3) is 0 Å². The second-order valence-electron chi connectivity index (χ2n) is 3.34. The maximum Gasteiger partial charge on any atom is 0.328 e. The van der Waals surface area contributed by atoms with Gasteiger partial charge in [-0.15, -0.1) is 0 Å². The van der Waals surface area contributed by atoms with Crippen LogP contribution >= 0.6 is 0 Å². The SMILES string of the molecule is CCOC(=O)C(C)Nc1cc(C)ccn1. The van der Waals surface area contributed by atoms with Crippen molar-refractivity contribution in [2.75, 3.05) is 11.9 Å². The number of pyridine rings is 1. The molecule has 0 spiro atoms. The third-order valence-electron chi connectivity index (χ3n) is 1.92. The Morgan fingerprint density at radius 1 is 1.67 bits per heavy atom. The van der Waals surface area contributed by atoms with E-state index in [1.807, 2.05) is 19.1 Å². The van der Waals surface area contributed by atoms with Crippen molar-refractivity contribution < 1.29 is 9.53 Å². The predicted molar refractivity (Wildman–Crippen MR) is 58.7 cm³/mol. The summed E-state index contributed by atoms with van der Waals surface area (Å²) in [6, 6.07) is 3.41. The molecule has 0 radical (unpaired) electrons. The van der Waals surface area contributed by atoms with Gasteiger partial charge >= 0.3 is 5.97 Å². The van der Waals surface area contributed by atoms with Crippen molar-refractivity contribution >= 4 is 11.8 Å². The van der Waals surface area contributed by atoms with Crippen LogP contribution in [0.15, 0.2) is 18.3 Å². The van der Waals surface area contributed by atoms with Crippen molar-refractivity contribution in [2.45, 2.75) is 26.8 Å². The molecule has 1 aromatic heterocycles. The first-order valence-corrected chi connectivity index (χ1v) is 4.99. The molecule has 0 aliphatic carbocycles. The van der Waals surface area contributed by atoms with E-state index in [1.165, 1.54) is 0 Å². The summed E-state index contributed by atoms with van der Waals surface area (Å²) in [6.45, 7) is 5.91. The molecule has 0 saturated carbocycles. The van der Waals surface area contributed by atoms with E-state index in [0.717, 1.165) is 5.56 Å². The second kappa shape index (κ2) is 5.34. The van der Waals surface area contributed by atoms with Crippen LogP contribution < -0.4 is 5.32 Å². The predicted octanol–water partition coefficient (Wildman–Crippen LogP) is 1.75. The fourth-order valence-corrected chi connectivity index (χ4v) is 1.16. The van der Waals surface area contributed by atoms with Crippen LogP contribution in [0.2, 0.25) is 0 Å². The molecule has 4 heteroatoms. The number of esters is 1. The van der Waals surface area contributed by atoms with Gasteiger partial charge in [0.2, 0.25) is 0 Å². The van der Waals surface area contributed by atoms with Crippen LogP contribution in [0.5, 0.6) is 0 Å². The first-order chi connectivity index (χ1) is 7.13. The summed E-state index contributed by atoms with van der Waals surface area (Å²) in [7, 11) is 0. The smallest absolute Gasteiger partial charge is 0.328 e. The van der Waals surface area contributed by atoms with Crippen LogP contribution in [0, 0.1) is 6.92 Å². The molecule has 1 unspecified atom stereocenters. The Hall–Kier alpha value is -1.58. The Balaban J connectivity index is 2.58. The average molecular weight is 208 g/mol. The largest absolute Gasteiger partial charge is 0.464 e. The molecule has 0 aromatic carbocycles. The van der Waals surface area contributed by atoms with Gasteiger partial charge in [0, 0.05) is 6.20 Å². The fourth-order valence-electron chi connectivity index (χ4n) is 1.16. The number of hydrogen-bond acceptors (Lipinski definition) is 4. The van der Waals surface area contributed by atoms with E-state index in [2.05, 4.69) is 10.3 Å². The molecule has 0 amide bonds. The van der Waals surface area contributed by atoms with E-state index in [9.17, 15) is 4.79 Å². The molecule has 0 saturated heterocycles. The lowest BCUT2D eigenvalue weighted by Gasteiger charge is -2.13. The molecule has 82 valence electrons. The average Bonchev–Trinajstić information content (AvgIpc) is 2.18. The molecule has 1 rings (SSSR count). The molecule has 15 heavy (non-hydrogen) atoms. The van der Waals surface area contributed by atoms with Crippen LogP contribution in [-0.2, 0) is 9.53 Å². The van der Waals surface area contributed by atoms with Gasteiger partial charge in [-0.1, -0.05) is 0 Å². The zero-order valence-electron chi connectivity index (χ0n) is 9.28. The fraction of sp³-hybridized carbons (Fsp3) is 0.455. The quantitative estimate of drug-likeness (QED) is 0.766. The number of rotatable bonds is 4. The molecular weight excluding hydrogens is 192 g/mol. The van der Waals surface area contributed by atoms with Crippen molar-refractivity contribution in [1.82, 2.24) is 4.98 Å². The summed E-state index contributed by atoms with van der Waals surface area (Å²) in [5, 5.41) is 2.98. The molecule has 0 bridgehead atoms. The van der Waals surface area contributed by atoms with Crippen molar-refractivity contribution in [3.63, 3.8) is 0 Å². The summed E-state index contributed by atoms with van der Waals surface area (Å²) in [5.41, 5.74) is 1.10. The molecular formula is C11H16N2O2. The highest BCUT2D eigenvalue weighted by atomic mass is 16.5. The highest BCUT2D eigenvalue weighted by Crippen LogP contribution is 2.07. The van der Waals surface area contributed by atoms with Gasteiger partial charge in [0.05, 0.1) is 6.61 Å². The molecule has 0 aliphatic rings. The Labute approximate surface area is 89.7 Å². The van der Waals surface area contributed by atoms with Gasteiger partial charge in [-0.25, -0.2) is 9.78 Å². The number of carbonyl (C=O) groups is 1. The van der Waals surface area contributed by atoms with Crippen LogP contribution in [0.4, 0.5) is 5.82 Å². The van der Waals surface area contributed by atoms with Gasteiger partial charge < -0.3 is 10.1 Å². The lowest BCUT2D eigenvalue weighted by molar-refractivity contribution is -0.143. The molecule has 1 aromatic rings. The topological polar surface area (TPSA) is 51.2 Å². The summed E-state index contributed by atoms with van der Waals surface area (Å²) < 4.78 is 4.88. The van der Waals surface area contributed by atoms with Crippen molar-refractivity contribution in [2.24, 2.45) is 0 Å². The van der Waals surface area contributed by atoms with E-state index < -0.39 is 0 Å². The first-order valence-electron chi connectivity index (χ1n) is 4.99. The molecule has 1 atom stereocenters. The lowest BCUT2D eigenvalue weighted by atomic mass is 10.3. The van der Waals surface area contributed by atoms with Gasteiger partial charge in [0.25, 0.3) is 0 Å². The normalized spacial score (nSPS) is 11.9. The maximum atomic E-state index is 11.3. The Morgan fingerprint density at radius 3 is 3.00 bits per heavy atom.